The molecule has 3 aliphatic heterocycles. The molecule has 0 unspecified atom stereocenters. The number of fused-ring (bicyclic) bond motifs is 4. The Hall–Kier alpha value is -2.40. The molecule has 5 nitrogen and oxygen atoms in total. The first-order valence-electron chi connectivity index (χ1n) is 9.84. The second-order valence-electron chi connectivity index (χ2n) is 8.05. The molecule has 142 valence electrons. The zero-order valence-corrected chi connectivity index (χ0v) is 16.2. The van der Waals surface area contributed by atoms with Crippen molar-refractivity contribution in [1.29, 1.82) is 0 Å². The van der Waals surface area contributed by atoms with E-state index in [1.54, 1.807) is 0 Å². The third-order valence-corrected chi connectivity index (χ3v) is 5.81. The predicted octanol–water partition coefficient (Wildman–Crippen LogP) is 3.83. The lowest BCUT2D eigenvalue weighted by Crippen LogP contribution is -2.49. The number of anilines is 1. The van der Waals surface area contributed by atoms with Crippen LogP contribution in [0.25, 0.3) is 0 Å². The Morgan fingerprint density at radius 3 is 2.89 bits per heavy atom. The summed E-state index contributed by atoms with van der Waals surface area (Å²) in [5.41, 5.74) is 4.43. The van der Waals surface area contributed by atoms with Crippen LogP contribution in [0.4, 0.5) is 10.5 Å². The van der Waals surface area contributed by atoms with Crippen molar-refractivity contribution < 1.29 is 4.79 Å². The van der Waals surface area contributed by atoms with Gasteiger partial charge in [-0.2, -0.15) is 0 Å². The molecule has 2 atom stereocenters. The number of nitrogens with one attached hydrogen (secondary N) is 1. The molecule has 3 saturated heterocycles. The molecule has 5 rings (SSSR count). The Morgan fingerprint density at radius 1 is 1.19 bits per heavy atom. The largest absolute Gasteiger partial charge is 0.322 e. The van der Waals surface area contributed by atoms with Gasteiger partial charge in [0.2, 0.25) is 0 Å². The summed E-state index contributed by atoms with van der Waals surface area (Å²) >= 11 is 0. The lowest BCUT2D eigenvalue weighted by atomic mass is 9.95. The van der Waals surface area contributed by atoms with Crippen LogP contribution in [-0.4, -0.2) is 46.5 Å². The number of carbonyl (C=O) groups is 1. The van der Waals surface area contributed by atoms with Crippen LogP contribution in [-0.2, 0) is 6.54 Å². The van der Waals surface area contributed by atoms with Gasteiger partial charge in [0.15, 0.2) is 0 Å². The number of benzene rings is 1. The summed E-state index contributed by atoms with van der Waals surface area (Å²) in [5, 5.41) is 3.16. The first kappa shape index (κ1) is 18.0. The van der Waals surface area contributed by atoms with Gasteiger partial charge in [0.1, 0.15) is 0 Å². The van der Waals surface area contributed by atoms with Crippen molar-refractivity contribution in [1.82, 2.24) is 14.8 Å². The highest BCUT2D eigenvalue weighted by Gasteiger charge is 2.37. The molecule has 2 bridgehead atoms. The van der Waals surface area contributed by atoms with Gasteiger partial charge in [-0.15, -0.1) is 0 Å². The molecule has 27 heavy (non-hydrogen) atoms. The summed E-state index contributed by atoms with van der Waals surface area (Å²) < 4.78 is 0. The molecule has 4 heterocycles. The number of pyridine rings is 1. The quantitative estimate of drug-likeness (QED) is 0.900. The van der Waals surface area contributed by atoms with Crippen molar-refractivity contribution in [3.8, 4) is 0 Å². The van der Waals surface area contributed by atoms with Crippen molar-refractivity contribution in [2.45, 2.75) is 39.3 Å². The normalized spacial score (nSPS) is 22.5. The molecular weight excluding hydrogens is 336 g/mol. The lowest BCUT2D eigenvalue weighted by Gasteiger charge is -2.36. The van der Waals surface area contributed by atoms with Crippen LogP contribution in [0.5, 0.6) is 0 Å². The van der Waals surface area contributed by atoms with Gasteiger partial charge in [0.05, 0.1) is 0 Å². The van der Waals surface area contributed by atoms with Gasteiger partial charge in [-0.1, -0.05) is 18.2 Å². The number of carbonyl (C=O) groups excluding carboxylic acids is 1. The summed E-state index contributed by atoms with van der Waals surface area (Å²) in [6.07, 6.45) is 6.06. The molecule has 1 N–H and O–H groups in total. The number of aryl methyl sites for hydroxylation is 2. The van der Waals surface area contributed by atoms with E-state index in [4.69, 9.17) is 0 Å². The monoisotopic (exact) mass is 364 g/mol. The number of rotatable bonds is 3. The standard InChI is InChI=1S/C22H28N4O/c1-16-5-6-17(2)21(10-16)24-22(27)26-14-19-7-8-20(26)15-25(13-19)12-18-4-3-9-23-11-18/h3-6,9-11,19-20H,7-8,12-15H2,1-2H3,(H,24,27)/t19-,20+/m0/s1. The van der Waals surface area contributed by atoms with Gasteiger partial charge >= 0.3 is 6.03 Å². The van der Waals surface area contributed by atoms with Crippen LogP contribution >= 0.6 is 0 Å². The Kier molecular flexibility index (Phi) is 5.12. The highest BCUT2D eigenvalue weighted by Crippen LogP contribution is 2.29. The van der Waals surface area contributed by atoms with E-state index < -0.39 is 0 Å². The zero-order valence-electron chi connectivity index (χ0n) is 16.2. The number of urea groups is 1. The Balaban J connectivity index is 1.45. The molecule has 2 aromatic rings. The number of nitrogens with zero attached hydrogens (tertiary/aromatic N) is 3. The molecular formula is C22H28N4O. The SMILES string of the molecule is Cc1ccc(C)c(NC(=O)N2C[C@H]3CC[C@@H]2CN(Cc2cccnc2)C3)c1. The van der Waals surface area contributed by atoms with E-state index in [0.29, 0.717) is 5.92 Å². The molecule has 3 aliphatic rings. The smallest absolute Gasteiger partial charge is 0.320 e. The highest BCUT2D eigenvalue weighted by atomic mass is 16.2. The molecule has 2 amide bonds. The molecule has 0 radical (unpaired) electrons. The molecule has 3 fully saturated rings. The minimum atomic E-state index is 0.0432. The van der Waals surface area contributed by atoms with E-state index in [2.05, 4.69) is 51.3 Å². The van der Waals surface area contributed by atoms with Gasteiger partial charge in [-0.05, 0) is 61.4 Å². The lowest BCUT2D eigenvalue weighted by molar-refractivity contribution is 0.151. The number of piperidine rings is 1. The van der Waals surface area contributed by atoms with Crippen molar-refractivity contribution >= 4 is 11.7 Å². The fraction of sp³-hybridized carbons (Fsp3) is 0.455. The third kappa shape index (κ3) is 4.14. The maximum Gasteiger partial charge on any atom is 0.322 e. The Labute approximate surface area is 161 Å². The zero-order chi connectivity index (χ0) is 18.8. The third-order valence-electron chi connectivity index (χ3n) is 5.81. The van der Waals surface area contributed by atoms with E-state index in [0.717, 1.165) is 49.4 Å². The number of hydrogen-bond acceptors (Lipinski definition) is 3. The summed E-state index contributed by atoms with van der Waals surface area (Å²) in [4.78, 5) is 21.8. The summed E-state index contributed by atoms with van der Waals surface area (Å²) in [5.74, 6) is 0.546. The topological polar surface area (TPSA) is 48.5 Å². The maximum atomic E-state index is 13.0. The van der Waals surface area contributed by atoms with Crippen molar-refractivity contribution in [3.05, 3.63) is 59.4 Å². The van der Waals surface area contributed by atoms with Gasteiger partial charge in [-0.25, -0.2) is 4.79 Å². The van der Waals surface area contributed by atoms with Crippen LogP contribution in [0, 0.1) is 19.8 Å². The molecule has 1 aromatic carbocycles. The number of aromatic nitrogens is 1. The highest BCUT2D eigenvalue weighted by molar-refractivity contribution is 5.90. The molecule has 5 heteroatoms. The molecule has 0 aliphatic carbocycles. The predicted molar refractivity (Wildman–Crippen MR) is 108 cm³/mol. The maximum absolute atomic E-state index is 13.0. The Morgan fingerprint density at radius 2 is 2.07 bits per heavy atom. The van der Waals surface area contributed by atoms with E-state index >= 15 is 0 Å². The van der Waals surface area contributed by atoms with Gasteiger partial charge in [0.25, 0.3) is 0 Å². The van der Waals surface area contributed by atoms with Crippen LogP contribution in [0.2, 0.25) is 0 Å². The fourth-order valence-corrected chi connectivity index (χ4v) is 4.36. The van der Waals surface area contributed by atoms with Crippen LogP contribution in [0.15, 0.2) is 42.7 Å². The van der Waals surface area contributed by atoms with E-state index in [-0.39, 0.29) is 12.1 Å². The molecule has 1 aromatic heterocycles. The van der Waals surface area contributed by atoms with Crippen LogP contribution in [0.3, 0.4) is 0 Å². The van der Waals surface area contributed by atoms with Crippen LogP contribution < -0.4 is 5.32 Å². The minimum absolute atomic E-state index is 0.0432. The van der Waals surface area contributed by atoms with E-state index in [9.17, 15) is 4.79 Å². The minimum Gasteiger partial charge on any atom is -0.320 e. The van der Waals surface area contributed by atoms with Crippen molar-refractivity contribution in [2.75, 3.05) is 25.0 Å². The van der Waals surface area contributed by atoms with E-state index in [1.165, 1.54) is 12.0 Å². The van der Waals surface area contributed by atoms with Gasteiger partial charge in [0, 0.05) is 50.3 Å². The number of amides is 2. The van der Waals surface area contributed by atoms with Crippen LogP contribution in [0.1, 0.15) is 29.5 Å². The Bertz CT molecular complexity index is 807. The molecule has 0 spiro atoms. The second kappa shape index (κ2) is 7.69. The average molecular weight is 364 g/mol. The average Bonchev–Trinajstić information content (AvgIpc) is 2.96. The summed E-state index contributed by atoms with van der Waals surface area (Å²) in [6, 6.07) is 10.6. The molecule has 0 saturated carbocycles. The summed E-state index contributed by atoms with van der Waals surface area (Å²) in [7, 11) is 0. The van der Waals surface area contributed by atoms with Gasteiger partial charge < -0.3 is 10.2 Å². The first-order chi connectivity index (χ1) is 13.1. The first-order valence-corrected chi connectivity index (χ1v) is 9.84. The van der Waals surface area contributed by atoms with Crippen molar-refractivity contribution in [3.63, 3.8) is 0 Å². The second-order valence-corrected chi connectivity index (χ2v) is 8.05. The number of hydrogen-bond donors (Lipinski definition) is 1. The van der Waals surface area contributed by atoms with E-state index in [1.807, 2.05) is 25.4 Å². The van der Waals surface area contributed by atoms with Gasteiger partial charge in [-0.3, -0.25) is 9.88 Å². The fourth-order valence-electron chi connectivity index (χ4n) is 4.36. The summed E-state index contributed by atoms with van der Waals surface area (Å²) in [6.45, 7) is 7.85. The van der Waals surface area contributed by atoms with Crippen molar-refractivity contribution in [2.24, 2.45) is 5.92 Å².